The van der Waals surface area contributed by atoms with Crippen LogP contribution in [-0.2, 0) is 4.79 Å². The van der Waals surface area contributed by atoms with Gasteiger partial charge in [-0.15, -0.1) is 0 Å². The minimum atomic E-state index is -0.973. The van der Waals surface area contributed by atoms with E-state index in [9.17, 15) is 4.79 Å². The van der Waals surface area contributed by atoms with Crippen molar-refractivity contribution in [1.82, 2.24) is 0 Å². The van der Waals surface area contributed by atoms with Crippen molar-refractivity contribution >= 4 is 37.4 Å². The van der Waals surface area contributed by atoms with E-state index in [1.807, 2.05) is 6.92 Å². The van der Waals surface area contributed by atoms with Gasteiger partial charge in [-0.25, -0.2) is 0 Å². The van der Waals surface area contributed by atoms with Crippen LogP contribution in [0.3, 0.4) is 0 Å². The molecule has 1 nitrogen and oxygen atoms in total. The molecule has 3 heteroatoms. The molecule has 0 N–H and O–H groups in total. The molecule has 1 unspecified atom stereocenters. The molecule has 58 valence electrons. The maximum atomic E-state index is 10.2. The molecule has 0 aliphatic heterocycles. The van der Waals surface area contributed by atoms with E-state index in [4.69, 9.17) is 0 Å². The van der Waals surface area contributed by atoms with Gasteiger partial charge in [-0.1, -0.05) is 26.6 Å². The Bertz CT molecular complexity index is 106. The first kappa shape index (κ1) is 13.3. The molecular formula is C7H18MgOSi. The van der Waals surface area contributed by atoms with E-state index in [0.717, 1.165) is 12.3 Å². The Hall–Kier alpha value is 0.653. The number of carbonyl (C=O) groups excluding carboxylic acids is 1. The van der Waals surface area contributed by atoms with Crippen LogP contribution < -0.4 is 0 Å². The molecule has 0 bridgehead atoms. The van der Waals surface area contributed by atoms with Crippen LogP contribution in [0.25, 0.3) is 0 Å². The number of hydrogen-bond donors (Lipinski definition) is 0. The Kier molecular flexibility index (Phi) is 7.06. The standard InChI is InChI=1S/C7H16OSi.Mg.2H/c1-7(5-8)6-9(2,3)4;;;/h5,7H,6H2,1-4H3;;;/q;+2;2*-1. The van der Waals surface area contributed by atoms with E-state index in [2.05, 4.69) is 19.6 Å². The summed E-state index contributed by atoms with van der Waals surface area (Å²) < 4.78 is 0. The molecular weight excluding hydrogens is 152 g/mol. The predicted octanol–water partition coefficient (Wildman–Crippen LogP) is 2.00. The SMILES string of the molecule is CC(C=O)C[Si](C)(C)C.[H-].[H-].[Mg+2]. The smallest absolute Gasteiger partial charge is 1.00 e. The first-order chi connectivity index (χ1) is 3.95. The maximum absolute atomic E-state index is 10.2. The minimum Gasteiger partial charge on any atom is -1.00 e. The van der Waals surface area contributed by atoms with Crippen molar-refractivity contribution in [1.29, 1.82) is 0 Å². The summed E-state index contributed by atoms with van der Waals surface area (Å²) in [5.41, 5.74) is 0. The van der Waals surface area contributed by atoms with Crippen LogP contribution in [0.4, 0.5) is 0 Å². The molecule has 0 fully saturated rings. The van der Waals surface area contributed by atoms with Gasteiger partial charge in [0.25, 0.3) is 0 Å². The van der Waals surface area contributed by atoms with Gasteiger partial charge in [0.2, 0.25) is 0 Å². The number of aldehydes is 1. The van der Waals surface area contributed by atoms with E-state index in [0.29, 0.717) is 0 Å². The zero-order valence-electron chi connectivity index (χ0n) is 9.48. The van der Waals surface area contributed by atoms with Crippen LogP contribution in [0.2, 0.25) is 25.7 Å². The van der Waals surface area contributed by atoms with Gasteiger partial charge in [0, 0.05) is 14.0 Å². The maximum Gasteiger partial charge on any atom is 2.00 e. The van der Waals surface area contributed by atoms with Gasteiger partial charge in [-0.2, -0.15) is 0 Å². The summed E-state index contributed by atoms with van der Waals surface area (Å²) in [6, 6.07) is 1.12. The molecule has 10 heavy (non-hydrogen) atoms. The largest absolute Gasteiger partial charge is 2.00 e. The summed E-state index contributed by atoms with van der Waals surface area (Å²) >= 11 is 0. The molecule has 0 saturated carbocycles. The van der Waals surface area contributed by atoms with Crippen LogP contribution in [0.15, 0.2) is 0 Å². The molecule has 1 atom stereocenters. The molecule has 0 aliphatic rings. The van der Waals surface area contributed by atoms with Crippen LogP contribution in [-0.4, -0.2) is 37.4 Å². The van der Waals surface area contributed by atoms with E-state index in [1.165, 1.54) is 0 Å². The number of carbonyl (C=O) groups is 1. The molecule has 0 radical (unpaired) electrons. The van der Waals surface area contributed by atoms with E-state index in [-0.39, 0.29) is 31.8 Å². The Balaban J connectivity index is -0.000000107. The van der Waals surface area contributed by atoms with Gasteiger partial charge in [-0.3, -0.25) is 0 Å². The van der Waals surface area contributed by atoms with Gasteiger partial charge < -0.3 is 7.65 Å². The van der Waals surface area contributed by atoms with Crippen molar-refractivity contribution in [3.63, 3.8) is 0 Å². The molecule has 0 aromatic carbocycles. The Morgan fingerprint density at radius 1 is 1.50 bits per heavy atom. The molecule has 0 rings (SSSR count). The van der Waals surface area contributed by atoms with Crippen molar-refractivity contribution in [2.75, 3.05) is 0 Å². The number of hydrogen-bond acceptors (Lipinski definition) is 1. The van der Waals surface area contributed by atoms with Gasteiger partial charge in [0.05, 0.1) is 0 Å². The molecule has 0 spiro atoms. The summed E-state index contributed by atoms with van der Waals surface area (Å²) in [6.07, 6.45) is 1.05. The topological polar surface area (TPSA) is 17.1 Å². The zero-order chi connectivity index (χ0) is 7.49. The summed E-state index contributed by atoms with van der Waals surface area (Å²) in [5, 5.41) is 0. The summed E-state index contributed by atoms with van der Waals surface area (Å²) in [5.74, 6) is 0.275. The fraction of sp³-hybridized carbons (Fsp3) is 0.857. The van der Waals surface area contributed by atoms with Crippen LogP contribution in [0.1, 0.15) is 9.78 Å². The predicted molar refractivity (Wildman–Crippen MR) is 51.4 cm³/mol. The third kappa shape index (κ3) is 8.65. The Morgan fingerprint density at radius 2 is 1.90 bits per heavy atom. The fourth-order valence-corrected chi connectivity index (χ4v) is 3.04. The molecule has 0 aromatic heterocycles. The third-order valence-electron chi connectivity index (χ3n) is 1.17. The van der Waals surface area contributed by atoms with Gasteiger partial charge in [0.1, 0.15) is 6.29 Å². The monoisotopic (exact) mass is 170 g/mol. The second kappa shape index (κ2) is 5.32. The van der Waals surface area contributed by atoms with E-state index >= 15 is 0 Å². The summed E-state index contributed by atoms with van der Waals surface area (Å²) in [6.45, 7) is 8.85. The van der Waals surface area contributed by atoms with Crippen LogP contribution >= 0.6 is 0 Å². The van der Waals surface area contributed by atoms with Crippen molar-refractivity contribution in [2.24, 2.45) is 5.92 Å². The average molecular weight is 171 g/mol. The molecule has 0 amide bonds. The fourth-order valence-electron chi connectivity index (χ4n) is 1.01. The average Bonchev–Trinajstić information content (AvgIpc) is 1.62. The van der Waals surface area contributed by atoms with Crippen molar-refractivity contribution in [3.05, 3.63) is 0 Å². The minimum absolute atomic E-state index is 0. The summed E-state index contributed by atoms with van der Waals surface area (Å²) in [7, 11) is -0.973. The zero-order valence-corrected chi connectivity index (χ0v) is 9.89. The van der Waals surface area contributed by atoms with E-state index in [1.54, 1.807) is 0 Å². The van der Waals surface area contributed by atoms with E-state index < -0.39 is 8.07 Å². The molecule has 0 aromatic rings. The Morgan fingerprint density at radius 3 is 2.00 bits per heavy atom. The molecule has 0 heterocycles. The van der Waals surface area contributed by atoms with Gasteiger partial charge in [0.15, 0.2) is 0 Å². The third-order valence-corrected chi connectivity index (χ3v) is 3.04. The first-order valence-electron chi connectivity index (χ1n) is 3.41. The molecule has 0 aliphatic carbocycles. The Labute approximate surface area is 83.7 Å². The first-order valence-corrected chi connectivity index (χ1v) is 7.12. The molecule has 0 saturated heterocycles. The van der Waals surface area contributed by atoms with Gasteiger partial charge in [-0.05, 0) is 6.04 Å². The van der Waals surface area contributed by atoms with Crippen LogP contribution in [0, 0.1) is 5.92 Å². The number of rotatable bonds is 3. The van der Waals surface area contributed by atoms with Gasteiger partial charge >= 0.3 is 23.1 Å². The van der Waals surface area contributed by atoms with Crippen molar-refractivity contribution in [3.8, 4) is 0 Å². The second-order valence-electron chi connectivity index (χ2n) is 3.88. The summed E-state index contributed by atoms with van der Waals surface area (Å²) in [4.78, 5) is 10.2. The second-order valence-corrected chi connectivity index (χ2v) is 9.41. The van der Waals surface area contributed by atoms with Crippen molar-refractivity contribution in [2.45, 2.75) is 32.6 Å². The van der Waals surface area contributed by atoms with Crippen molar-refractivity contribution < 1.29 is 7.65 Å². The quantitative estimate of drug-likeness (QED) is 0.468. The normalized spacial score (nSPS) is 13.6. The van der Waals surface area contributed by atoms with Crippen LogP contribution in [0.5, 0.6) is 0 Å².